The molecule has 0 bridgehead atoms. The van der Waals surface area contributed by atoms with E-state index < -0.39 is 5.91 Å². The Morgan fingerprint density at radius 3 is 3.11 bits per heavy atom. The molecule has 1 amide bonds. The minimum absolute atomic E-state index is 0.137. The maximum absolute atomic E-state index is 11.4. The van der Waals surface area contributed by atoms with E-state index in [0.717, 1.165) is 25.3 Å². The molecule has 1 atom stereocenters. The van der Waals surface area contributed by atoms with Gasteiger partial charge in [0.15, 0.2) is 0 Å². The number of nitrogens with two attached hydrogens (primary N) is 1. The maximum Gasteiger partial charge on any atom is 0.252 e. The first-order valence-electron chi connectivity index (χ1n) is 6.33. The van der Waals surface area contributed by atoms with E-state index in [1.807, 2.05) is 20.2 Å². The lowest BCUT2D eigenvalue weighted by atomic mass is 10.1. The van der Waals surface area contributed by atoms with E-state index in [0.29, 0.717) is 12.2 Å². The van der Waals surface area contributed by atoms with Gasteiger partial charge >= 0.3 is 0 Å². The van der Waals surface area contributed by atoms with Crippen LogP contribution in [0.25, 0.3) is 0 Å². The number of hydrogen-bond acceptors (Lipinski definition) is 5. The number of nitrogens with zero attached hydrogens (tertiary/aromatic N) is 3. The molecule has 1 aliphatic rings. The molecular formula is C13H20N4O2. The Bertz CT molecular complexity index is 450. The van der Waals surface area contributed by atoms with Gasteiger partial charge in [0.2, 0.25) is 0 Å². The smallest absolute Gasteiger partial charge is 0.252 e. The lowest BCUT2D eigenvalue weighted by Crippen LogP contribution is -2.47. The monoisotopic (exact) mass is 264 g/mol. The molecule has 1 aromatic rings. The molecule has 1 aliphatic heterocycles. The second kappa shape index (κ2) is 5.99. The zero-order chi connectivity index (χ0) is 13.8. The van der Waals surface area contributed by atoms with E-state index in [4.69, 9.17) is 10.5 Å². The molecule has 2 heterocycles. The zero-order valence-electron chi connectivity index (χ0n) is 11.4. The standard InChI is InChI=1S/C13H20N4O2/c1-16(2)8-10-9-17(5-6-19-10)12-3-4-15-7-11(12)13(14)18/h3-4,7,10H,5-6,8-9H2,1-2H3,(H2,14,18). The van der Waals surface area contributed by atoms with Crippen molar-refractivity contribution in [2.24, 2.45) is 5.73 Å². The molecule has 2 rings (SSSR count). The van der Waals surface area contributed by atoms with Crippen LogP contribution in [0.5, 0.6) is 0 Å². The van der Waals surface area contributed by atoms with Crippen LogP contribution in [-0.2, 0) is 4.74 Å². The molecule has 0 saturated carbocycles. The highest BCUT2D eigenvalue weighted by atomic mass is 16.5. The van der Waals surface area contributed by atoms with Crippen molar-refractivity contribution in [3.8, 4) is 0 Å². The van der Waals surface area contributed by atoms with Gasteiger partial charge in [0, 0.05) is 32.0 Å². The Kier molecular flexibility index (Phi) is 4.34. The van der Waals surface area contributed by atoms with Gasteiger partial charge in [-0.25, -0.2) is 0 Å². The normalized spacial score (nSPS) is 19.7. The number of hydrogen-bond donors (Lipinski definition) is 1. The van der Waals surface area contributed by atoms with Crippen LogP contribution in [0.15, 0.2) is 18.5 Å². The van der Waals surface area contributed by atoms with Crippen molar-refractivity contribution in [1.82, 2.24) is 9.88 Å². The average Bonchev–Trinajstić information content (AvgIpc) is 2.38. The van der Waals surface area contributed by atoms with Crippen LogP contribution in [0.3, 0.4) is 0 Å². The van der Waals surface area contributed by atoms with E-state index in [1.165, 1.54) is 6.20 Å². The summed E-state index contributed by atoms with van der Waals surface area (Å²) in [5, 5.41) is 0. The molecular weight excluding hydrogens is 244 g/mol. The van der Waals surface area contributed by atoms with Crippen molar-refractivity contribution in [2.75, 3.05) is 45.2 Å². The Balaban J connectivity index is 2.15. The van der Waals surface area contributed by atoms with Crippen LogP contribution in [0.4, 0.5) is 5.69 Å². The molecule has 1 unspecified atom stereocenters. The minimum Gasteiger partial charge on any atom is -0.373 e. The number of ether oxygens (including phenoxy) is 1. The molecule has 0 aliphatic carbocycles. The number of morpholine rings is 1. The highest BCUT2D eigenvalue weighted by Gasteiger charge is 2.23. The van der Waals surface area contributed by atoms with Gasteiger partial charge in [-0.05, 0) is 20.2 Å². The number of amides is 1. The predicted molar refractivity (Wildman–Crippen MR) is 73.3 cm³/mol. The molecule has 1 aromatic heterocycles. The average molecular weight is 264 g/mol. The van der Waals surface area contributed by atoms with Crippen LogP contribution >= 0.6 is 0 Å². The van der Waals surface area contributed by atoms with Crippen molar-refractivity contribution < 1.29 is 9.53 Å². The summed E-state index contributed by atoms with van der Waals surface area (Å²) < 4.78 is 5.73. The third kappa shape index (κ3) is 3.42. The van der Waals surface area contributed by atoms with Gasteiger partial charge < -0.3 is 20.3 Å². The van der Waals surface area contributed by atoms with Gasteiger partial charge in [-0.1, -0.05) is 0 Å². The Labute approximate surface area is 113 Å². The number of rotatable bonds is 4. The van der Waals surface area contributed by atoms with E-state index in [9.17, 15) is 4.79 Å². The lowest BCUT2D eigenvalue weighted by molar-refractivity contribution is 0.0247. The van der Waals surface area contributed by atoms with Crippen molar-refractivity contribution in [2.45, 2.75) is 6.10 Å². The fraction of sp³-hybridized carbons (Fsp3) is 0.538. The summed E-state index contributed by atoms with van der Waals surface area (Å²) >= 11 is 0. The number of likely N-dealkylation sites (N-methyl/N-ethyl adjacent to an activating group) is 1. The van der Waals surface area contributed by atoms with E-state index in [2.05, 4.69) is 14.8 Å². The van der Waals surface area contributed by atoms with Gasteiger partial charge in [-0.15, -0.1) is 0 Å². The third-order valence-corrected chi connectivity index (χ3v) is 3.11. The minimum atomic E-state index is -0.446. The molecule has 0 spiro atoms. The summed E-state index contributed by atoms with van der Waals surface area (Å²) in [7, 11) is 4.03. The number of primary amides is 1. The molecule has 1 fully saturated rings. The molecule has 0 aromatic carbocycles. The van der Waals surface area contributed by atoms with Crippen LogP contribution < -0.4 is 10.6 Å². The summed E-state index contributed by atoms with van der Waals surface area (Å²) in [6.07, 6.45) is 3.34. The number of pyridine rings is 1. The number of anilines is 1. The van der Waals surface area contributed by atoms with Gasteiger partial charge in [0.05, 0.1) is 24.0 Å². The number of carbonyl (C=O) groups is 1. The highest BCUT2D eigenvalue weighted by Crippen LogP contribution is 2.21. The fourth-order valence-electron chi connectivity index (χ4n) is 2.31. The zero-order valence-corrected chi connectivity index (χ0v) is 11.4. The first-order chi connectivity index (χ1) is 9.08. The molecule has 2 N–H and O–H groups in total. The number of aromatic nitrogens is 1. The van der Waals surface area contributed by atoms with Crippen LogP contribution in [-0.4, -0.2) is 62.2 Å². The van der Waals surface area contributed by atoms with Gasteiger partial charge in [-0.3, -0.25) is 9.78 Å². The number of carbonyl (C=O) groups excluding carboxylic acids is 1. The molecule has 19 heavy (non-hydrogen) atoms. The van der Waals surface area contributed by atoms with Crippen LogP contribution in [0.1, 0.15) is 10.4 Å². The summed E-state index contributed by atoms with van der Waals surface area (Å²) in [6.45, 7) is 3.02. The SMILES string of the molecule is CN(C)CC1CN(c2ccncc2C(N)=O)CCO1. The molecule has 0 radical (unpaired) electrons. The van der Waals surface area contributed by atoms with Gasteiger partial charge in [0.1, 0.15) is 0 Å². The molecule has 6 nitrogen and oxygen atoms in total. The van der Waals surface area contributed by atoms with Gasteiger partial charge in [0.25, 0.3) is 5.91 Å². The van der Waals surface area contributed by atoms with E-state index in [-0.39, 0.29) is 6.10 Å². The Hall–Kier alpha value is -1.66. The van der Waals surface area contributed by atoms with Crippen molar-refractivity contribution >= 4 is 11.6 Å². The summed E-state index contributed by atoms with van der Waals surface area (Å²) in [5.74, 6) is -0.446. The quantitative estimate of drug-likeness (QED) is 0.825. The highest BCUT2D eigenvalue weighted by molar-refractivity contribution is 5.98. The second-order valence-electron chi connectivity index (χ2n) is 4.96. The lowest BCUT2D eigenvalue weighted by Gasteiger charge is -2.36. The van der Waals surface area contributed by atoms with Crippen molar-refractivity contribution in [1.29, 1.82) is 0 Å². The first-order valence-corrected chi connectivity index (χ1v) is 6.33. The van der Waals surface area contributed by atoms with Crippen LogP contribution in [0, 0.1) is 0 Å². The third-order valence-electron chi connectivity index (χ3n) is 3.11. The second-order valence-corrected chi connectivity index (χ2v) is 4.96. The Morgan fingerprint density at radius 2 is 2.42 bits per heavy atom. The summed E-state index contributed by atoms with van der Waals surface area (Å²) in [5.41, 5.74) is 6.70. The van der Waals surface area contributed by atoms with Crippen molar-refractivity contribution in [3.05, 3.63) is 24.0 Å². The Morgan fingerprint density at radius 1 is 1.63 bits per heavy atom. The largest absolute Gasteiger partial charge is 0.373 e. The summed E-state index contributed by atoms with van der Waals surface area (Å²) in [6, 6.07) is 1.83. The van der Waals surface area contributed by atoms with Crippen LogP contribution in [0.2, 0.25) is 0 Å². The maximum atomic E-state index is 11.4. The van der Waals surface area contributed by atoms with E-state index >= 15 is 0 Å². The van der Waals surface area contributed by atoms with Gasteiger partial charge in [-0.2, -0.15) is 0 Å². The van der Waals surface area contributed by atoms with Crippen molar-refractivity contribution in [3.63, 3.8) is 0 Å². The first kappa shape index (κ1) is 13.8. The molecule has 1 saturated heterocycles. The molecule has 6 heteroatoms. The predicted octanol–water partition coefficient (Wildman–Crippen LogP) is -0.0527. The molecule has 104 valence electrons. The fourth-order valence-corrected chi connectivity index (χ4v) is 2.31. The summed E-state index contributed by atoms with van der Waals surface area (Å²) in [4.78, 5) is 19.6. The topological polar surface area (TPSA) is 71.7 Å². The van der Waals surface area contributed by atoms with E-state index in [1.54, 1.807) is 6.20 Å².